The van der Waals surface area contributed by atoms with Crippen LogP contribution < -0.4 is 19.5 Å². The lowest BCUT2D eigenvalue weighted by atomic mass is 10.2. The highest BCUT2D eigenvalue weighted by molar-refractivity contribution is 9.11. The average molecular weight is 582 g/mol. The van der Waals surface area contributed by atoms with Gasteiger partial charge in [-0.05, 0) is 44.0 Å². The highest BCUT2D eigenvalue weighted by Crippen LogP contribution is 2.55. The van der Waals surface area contributed by atoms with Crippen LogP contribution in [0.25, 0.3) is 0 Å². The number of carbonyl (C=O) groups is 2. The lowest BCUT2D eigenvalue weighted by Crippen LogP contribution is -2.22. The topological polar surface area (TPSA) is 78.9 Å². The Hall–Kier alpha value is -2.41. The fourth-order valence-corrected chi connectivity index (χ4v) is 7.20. The molecule has 0 aliphatic heterocycles. The van der Waals surface area contributed by atoms with Crippen molar-refractivity contribution in [2.45, 2.75) is 0 Å². The Kier molecular flexibility index (Phi) is 7.59. The molecule has 166 valence electrons. The number of carbonyl (C=O) groups excluding carboxylic acids is 2. The first-order valence-electron chi connectivity index (χ1n) is 9.29. The van der Waals surface area contributed by atoms with Crippen molar-refractivity contribution in [3.8, 4) is 17.2 Å². The van der Waals surface area contributed by atoms with E-state index in [0.29, 0.717) is 14.7 Å². The first-order chi connectivity index (χ1) is 15.3. The van der Waals surface area contributed by atoms with Gasteiger partial charge in [-0.2, -0.15) is 0 Å². The third-order valence-electron chi connectivity index (χ3n) is 4.80. The number of ether oxygens (including phenoxy) is 3. The molecule has 0 saturated carbocycles. The molecule has 0 saturated heterocycles. The molecule has 3 rings (SSSR count). The minimum absolute atomic E-state index is 0.0846. The maximum Gasteiger partial charge on any atom is 0.249 e. The predicted molar refractivity (Wildman–Crippen MR) is 130 cm³/mol. The van der Waals surface area contributed by atoms with Crippen molar-refractivity contribution >= 4 is 55.4 Å². The highest BCUT2D eigenvalue weighted by Gasteiger charge is 2.46. The van der Waals surface area contributed by atoms with Gasteiger partial charge in [0.1, 0.15) is 22.8 Å². The standard InChI is InChI=1S/C23H19Br2O6P/c1-29-14-12-18(30-2)21(19(13-14)31-3)23(27)32(28,15-8-5-4-6-9-15)22(26)20-16(24)10-7-11-17(20)25/h4-13H,1-3H3. The minimum atomic E-state index is -4.39. The van der Waals surface area contributed by atoms with Crippen LogP contribution in [0.4, 0.5) is 0 Å². The summed E-state index contributed by atoms with van der Waals surface area (Å²) in [5.74, 6) is 0.548. The zero-order valence-corrected chi connectivity index (χ0v) is 21.5. The number of methoxy groups -OCH3 is 3. The van der Waals surface area contributed by atoms with Crippen LogP contribution >= 0.6 is 39.0 Å². The number of hydrogen-bond acceptors (Lipinski definition) is 6. The van der Waals surface area contributed by atoms with E-state index in [2.05, 4.69) is 31.9 Å². The van der Waals surface area contributed by atoms with E-state index < -0.39 is 18.2 Å². The van der Waals surface area contributed by atoms with Crippen LogP contribution in [0.5, 0.6) is 17.2 Å². The van der Waals surface area contributed by atoms with Gasteiger partial charge < -0.3 is 18.8 Å². The number of hydrogen-bond donors (Lipinski definition) is 0. The zero-order chi connectivity index (χ0) is 23.5. The van der Waals surface area contributed by atoms with E-state index in [1.807, 2.05) is 0 Å². The van der Waals surface area contributed by atoms with Gasteiger partial charge in [0, 0.05) is 26.4 Å². The summed E-state index contributed by atoms with van der Waals surface area (Å²) < 4.78 is 31.4. The summed E-state index contributed by atoms with van der Waals surface area (Å²) in [7, 11) is -0.206. The quantitative estimate of drug-likeness (QED) is 0.308. The molecule has 0 radical (unpaired) electrons. The average Bonchev–Trinajstić information content (AvgIpc) is 2.82. The molecule has 0 fully saturated rings. The lowest BCUT2D eigenvalue weighted by Gasteiger charge is -2.21. The van der Waals surface area contributed by atoms with Gasteiger partial charge in [0.25, 0.3) is 0 Å². The van der Waals surface area contributed by atoms with Crippen LogP contribution in [-0.4, -0.2) is 32.4 Å². The number of rotatable bonds is 8. The number of halogens is 2. The maximum atomic E-state index is 14.5. The molecule has 0 spiro atoms. The third kappa shape index (κ3) is 4.27. The lowest BCUT2D eigenvalue weighted by molar-refractivity contribution is 0.103. The zero-order valence-electron chi connectivity index (χ0n) is 17.4. The monoisotopic (exact) mass is 580 g/mol. The summed E-state index contributed by atoms with van der Waals surface area (Å²) in [6.45, 7) is 0. The minimum Gasteiger partial charge on any atom is -0.496 e. The van der Waals surface area contributed by atoms with E-state index >= 15 is 0 Å². The van der Waals surface area contributed by atoms with Crippen molar-refractivity contribution < 1.29 is 28.4 Å². The van der Waals surface area contributed by atoms with E-state index in [1.54, 1.807) is 36.4 Å². The third-order valence-corrected chi connectivity index (χ3v) is 8.74. The molecule has 0 N–H and O–H groups in total. The van der Waals surface area contributed by atoms with Gasteiger partial charge in [0.15, 0.2) is 0 Å². The molecule has 3 aromatic rings. The van der Waals surface area contributed by atoms with Gasteiger partial charge in [-0.1, -0.05) is 36.4 Å². The Labute approximate surface area is 202 Å². The van der Waals surface area contributed by atoms with Crippen LogP contribution in [0.15, 0.2) is 69.6 Å². The van der Waals surface area contributed by atoms with Crippen molar-refractivity contribution in [2.75, 3.05) is 21.3 Å². The molecule has 3 aromatic carbocycles. The summed E-state index contributed by atoms with van der Waals surface area (Å²) in [6, 6.07) is 15.9. The molecule has 0 aliphatic rings. The van der Waals surface area contributed by atoms with Crippen LogP contribution in [0.2, 0.25) is 0 Å². The second kappa shape index (κ2) is 10.0. The van der Waals surface area contributed by atoms with Crippen molar-refractivity contribution in [1.82, 2.24) is 0 Å². The second-order valence-electron chi connectivity index (χ2n) is 6.56. The largest absolute Gasteiger partial charge is 0.496 e. The summed E-state index contributed by atoms with van der Waals surface area (Å²) in [5.41, 5.74) is -1.69. The fraction of sp³-hybridized carbons (Fsp3) is 0.130. The molecule has 0 amide bonds. The van der Waals surface area contributed by atoms with Gasteiger partial charge in [-0.15, -0.1) is 0 Å². The Balaban J connectivity index is 2.33. The van der Waals surface area contributed by atoms with Gasteiger partial charge in [-0.25, -0.2) is 0 Å². The van der Waals surface area contributed by atoms with E-state index in [-0.39, 0.29) is 27.9 Å². The Morgan fingerprint density at radius 3 is 1.69 bits per heavy atom. The van der Waals surface area contributed by atoms with Crippen LogP contribution in [-0.2, 0) is 4.57 Å². The molecular formula is C23H19Br2O6P. The van der Waals surface area contributed by atoms with Crippen molar-refractivity contribution in [3.63, 3.8) is 0 Å². The van der Waals surface area contributed by atoms with Gasteiger partial charge >= 0.3 is 0 Å². The van der Waals surface area contributed by atoms with E-state index in [1.165, 1.54) is 45.6 Å². The molecule has 1 unspecified atom stereocenters. The fourth-order valence-electron chi connectivity index (χ4n) is 3.20. The smallest absolute Gasteiger partial charge is 0.249 e. The molecule has 32 heavy (non-hydrogen) atoms. The van der Waals surface area contributed by atoms with Crippen molar-refractivity contribution in [1.29, 1.82) is 0 Å². The van der Waals surface area contributed by atoms with Crippen molar-refractivity contribution in [2.24, 2.45) is 0 Å². The van der Waals surface area contributed by atoms with Crippen LogP contribution in [0.3, 0.4) is 0 Å². The van der Waals surface area contributed by atoms with Gasteiger partial charge in [0.2, 0.25) is 18.2 Å². The maximum absolute atomic E-state index is 14.5. The molecule has 0 aromatic heterocycles. The molecule has 0 aliphatic carbocycles. The predicted octanol–water partition coefficient (Wildman–Crippen LogP) is 5.91. The van der Waals surface area contributed by atoms with Crippen molar-refractivity contribution in [3.05, 3.63) is 80.7 Å². The van der Waals surface area contributed by atoms with Crippen LogP contribution in [0.1, 0.15) is 20.7 Å². The first-order valence-corrected chi connectivity index (χ1v) is 12.6. The molecular weight excluding hydrogens is 563 g/mol. The molecule has 0 heterocycles. The van der Waals surface area contributed by atoms with Gasteiger partial charge in [0.05, 0.1) is 26.9 Å². The highest BCUT2D eigenvalue weighted by atomic mass is 79.9. The molecule has 0 bridgehead atoms. The summed E-state index contributed by atoms with van der Waals surface area (Å²) in [4.78, 5) is 27.7. The summed E-state index contributed by atoms with van der Waals surface area (Å²) in [6.07, 6.45) is 0. The second-order valence-corrected chi connectivity index (χ2v) is 10.8. The normalized spacial score (nSPS) is 12.5. The Bertz CT molecular complexity index is 1180. The summed E-state index contributed by atoms with van der Waals surface area (Å²) >= 11 is 6.69. The SMILES string of the molecule is COc1cc(OC)c(C(=O)P(=O)(C(=O)c2c(Br)cccc2Br)c2ccccc2)c(OC)c1. The number of benzene rings is 3. The van der Waals surface area contributed by atoms with E-state index in [0.717, 1.165) is 0 Å². The Morgan fingerprint density at radius 2 is 1.22 bits per heavy atom. The first kappa shape index (κ1) is 24.2. The molecule has 1 atom stereocenters. The molecule has 6 nitrogen and oxygen atoms in total. The summed E-state index contributed by atoms with van der Waals surface area (Å²) in [5, 5.41) is 0.109. The van der Waals surface area contributed by atoms with Gasteiger partial charge in [-0.3, -0.25) is 9.59 Å². The Morgan fingerprint density at radius 1 is 0.719 bits per heavy atom. The van der Waals surface area contributed by atoms with E-state index in [4.69, 9.17) is 14.2 Å². The molecule has 9 heteroatoms. The van der Waals surface area contributed by atoms with Crippen LogP contribution in [0, 0.1) is 0 Å². The van der Waals surface area contributed by atoms with E-state index in [9.17, 15) is 14.2 Å².